The minimum atomic E-state index is 0.600. The standard InChI is InChI=1S/C18H16N6/c1-13-5-7-15(8-6-13)24-18-16(11-23-24)17(21-12-22-18)20-10-14-4-2-3-9-19-14/h2-9,11-12H,10H2,1H3,(H,20,21,22). The van der Waals surface area contributed by atoms with Crippen LogP contribution in [0.1, 0.15) is 11.3 Å². The summed E-state index contributed by atoms with van der Waals surface area (Å²) in [5, 5.41) is 8.66. The molecule has 0 spiro atoms. The van der Waals surface area contributed by atoms with Crippen molar-refractivity contribution in [1.29, 1.82) is 0 Å². The molecule has 4 rings (SSSR count). The first-order valence-corrected chi connectivity index (χ1v) is 7.71. The third-order valence-corrected chi connectivity index (χ3v) is 3.81. The molecule has 0 aliphatic carbocycles. The van der Waals surface area contributed by atoms with E-state index in [-0.39, 0.29) is 0 Å². The van der Waals surface area contributed by atoms with Crippen LogP contribution in [0.2, 0.25) is 0 Å². The van der Waals surface area contributed by atoms with Crippen molar-refractivity contribution in [3.63, 3.8) is 0 Å². The largest absolute Gasteiger partial charge is 0.364 e. The van der Waals surface area contributed by atoms with Gasteiger partial charge in [0.1, 0.15) is 12.1 Å². The molecule has 6 heteroatoms. The highest BCUT2D eigenvalue weighted by atomic mass is 15.3. The van der Waals surface area contributed by atoms with E-state index < -0.39 is 0 Å². The molecule has 1 N–H and O–H groups in total. The quantitative estimate of drug-likeness (QED) is 0.626. The van der Waals surface area contributed by atoms with E-state index in [4.69, 9.17) is 0 Å². The minimum absolute atomic E-state index is 0.600. The molecule has 0 fully saturated rings. The summed E-state index contributed by atoms with van der Waals surface area (Å²) in [6, 6.07) is 14.0. The average molecular weight is 316 g/mol. The van der Waals surface area contributed by atoms with Gasteiger partial charge in [0, 0.05) is 6.20 Å². The Morgan fingerprint density at radius 2 is 1.88 bits per heavy atom. The SMILES string of the molecule is Cc1ccc(-n2ncc3c(NCc4ccccn4)ncnc32)cc1. The Morgan fingerprint density at radius 1 is 1.00 bits per heavy atom. The van der Waals surface area contributed by atoms with Gasteiger partial charge in [0.05, 0.1) is 29.5 Å². The molecule has 6 nitrogen and oxygen atoms in total. The van der Waals surface area contributed by atoms with Crippen molar-refractivity contribution in [3.05, 3.63) is 72.4 Å². The van der Waals surface area contributed by atoms with Crippen LogP contribution in [0.4, 0.5) is 5.82 Å². The third-order valence-electron chi connectivity index (χ3n) is 3.81. The Bertz CT molecular complexity index is 960. The molecule has 0 aliphatic heterocycles. The number of nitrogens with one attached hydrogen (secondary N) is 1. The highest BCUT2D eigenvalue weighted by molar-refractivity contribution is 5.87. The monoisotopic (exact) mass is 316 g/mol. The molecule has 4 aromatic rings. The van der Waals surface area contributed by atoms with Gasteiger partial charge in [0.15, 0.2) is 5.65 Å². The number of benzene rings is 1. The van der Waals surface area contributed by atoms with Gasteiger partial charge in [-0.3, -0.25) is 4.98 Å². The van der Waals surface area contributed by atoms with Gasteiger partial charge >= 0.3 is 0 Å². The second-order valence-corrected chi connectivity index (χ2v) is 5.53. The lowest BCUT2D eigenvalue weighted by Gasteiger charge is -2.06. The van der Waals surface area contributed by atoms with E-state index in [0.717, 1.165) is 28.2 Å². The fourth-order valence-electron chi connectivity index (χ4n) is 2.54. The maximum Gasteiger partial charge on any atom is 0.168 e. The van der Waals surface area contributed by atoms with Crippen molar-refractivity contribution in [2.75, 3.05) is 5.32 Å². The number of hydrogen-bond acceptors (Lipinski definition) is 5. The Kier molecular flexibility index (Phi) is 3.63. The lowest BCUT2D eigenvalue weighted by molar-refractivity contribution is 0.894. The van der Waals surface area contributed by atoms with E-state index in [2.05, 4.69) is 44.4 Å². The minimum Gasteiger partial charge on any atom is -0.364 e. The number of pyridine rings is 1. The zero-order valence-corrected chi connectivity index (χ0v) is 13.2. The van der Waals surface area contributed by atoms with Gasteiger partial charge in [-0.1, -0.05) is 23.8 Å². The second-order valence-electron chi connectivity index (χ2n) is 5.53. The number of anilines is 1. The Labute approximate surface area is 139 Å². The van der Waals surface area contributed by atoms with Crippen LogP contribution in [0.3, 0.4) is 0 Å². The Balaban J connectivity index is 1.67. The van der Waals surface area contributed by atoms with Gasteiger partial charge < -0.3 is 5.32 Å². The van der Waals surface area contributed by atoms with Gasteiger partial charge in [-0.15, -0.1) is 0 Å². The molecule has 3 aromatic heterocycles. The molecule has 0 radical (unpaired) electrons. The molecule has 0 amide bonds. The van der Waals surface area contributed by atoms with Crippen molar-refractivity contribution in [2.45, 2.75) is 13.5 Å². The van der Waals surface area contributed by atoms with Crippen LogP contribution in [-0.2, 0) is 6.54 Å². The molecule has 0 unspecified atom stereocenters. The number of aromatic nitrogens is 5. The maximum atomic E-state index is 4.47. The number of nitrogens with zero attached hydrogens (tertiary/aromatic N) is 5. The van der Waals surface area contributed by atoms with Gasteiger partial charge in [-0.25, -0.2) is 14.6 Å². The fourth-order valence-corrected chi connectivity index (χ4v) is 2.54. The summed E-state index contributed by atoms with van der Waals surface area (Å²) in [6.45, 7) is 2.66. The molecule has 0 saturated carbocycles. The van der Waals surface area contributed by atoms with Crippen molar-refractivity contribution in [2.24, 2.45) is 0 Å². The Morgan fingerprint density at radius 3 is 2.67 bits per heavy atom. The summed E-state index contributed by atoms with van der Waals surface area (Å²) in [5.41, 5.74) is 3.92. The molecule has 24 heavy (non-hydrogen) atoms. The van der Waals surface area contributed by atoms with Gasteiger partial charge in [0.2, 0.25) is 0 Å². The number of aryl methyl sites for hydroxylation is 1. The smallest absolute Gasteiger partial charge is 0.168 e. The second kappa shape index (κ2) is 6.08. The molecule has 0 bridgehead atoms. The third kappa shape index (κ3) is 2.69. The van der Waals surface area contributed by atoms with E-state index in [1.165, 1.54) is 5.56 Å². The van der Waals surface area contributed by atoms with E-state index in [0.29, 0.717) is 6.54 Å². The predicted molar refractivity (Wildman–Crippen MR) is 93.0 cm³/mol. The fraction of sp³-hybridized carbons (Fsp3) is 0.111. The van der Waals surface area contributed by atoms with Crippen molar-refractivity contribution in [1.82, 2.24) is 24.7 Å². The van der Waals surface area contributed by atoms with E-state index in [1.807, 2.05) is 35.0 Å². The van der Waals surface area contributed by atoms with Gasteiger partial charge in [-0.05, 0) is 31.2 Å². The highest BCUT2D eigenvalue weighted by Gasteiger charge is 2.11. The van der Waals surface area contributed by atoms with E-state index in [1.54, 1.807) is 18.7 Å². The first-order valence-electron chi connectivity index (χ1n) is 7.71. The zero-order valence-electron chi connectivity index (χ0n) is 13.2. The summed E-state index contributed by atoms with van der Waals surface area (Å²) in [7, 11) is 0. The average Bonchev–Trinajstić information content (AvgIpc) is 3.06. The predicted octanol–water partition coefficient (Wildman–Crippen LogP) is 3.13. The van der Waals surface area contributed by atoms with Crippen molar-refractivity contribution >= 4 is 16.9 Å². The molecule has 3 heterocycles. The zero-order chi connectivity index (χ0) is 16.4. The molecule has 0 saturated heterocycles. The summed E-state index contributed by atoms with van der Waals surface area (Å²) in [5.74, 6) is 0.754. The molecular formula is C18H16N6. The van der Waals surface area contributed by atoms with Crippen LogP contribution in [0.25, 0.3) is 16.7 Å². The first-order chi connectivity index (χ1) is 11.8. The van der Waals surface area contributed by atoms with E-state index in [9.17, 15) is 0 Å². The van der Waals surface area contributed by atoms with Gasteiger partial charge in [-0.2, -0.15) is 5.10 Å². The van der Waals surface area contributed by atoms with Crippen LogP contribution in [-0.4, -0.2) is 24.7 Å². The Hall–Kier alpha value is -3.28. The van der Waals surface area contributed by atoms with Crippen molar-refractivity contribution in [3.8, 4) is 5.69 Å². The topological polar surface area (TPSA) is 68.5 Å². The number of fused-ring (bicyclic) bond motifs is 1. The summed E-state index contributed by atoms with van der Waals surface area (Å²) < 4.78 is 1.82. The first kappa shape index (κ1) is 14.3. The molecule has 0 atom stereocenters. The highest BCUT2D eigenvalue weighted by Crippen LogP contribution is 2.22. The van der Waals surface area contributed by atoms with Crippen LogP contribution >= 0.6 is 0 Å². The normalized spacial score (nSPS) is 10.9. The lowest BCUT2D eigenvalue weighted by Crippen LogP contribution is -2.04. The number of hydrogen-bond donors (Lipinski definition) is 1. The van der Waals surface area contributed by atoms with Crippen LogP contribution in [0, 0.1) is 6.92 Å². The summed E-state index contributed by atoms with van der Waals surface area (Å²) in [4.78, 5) is 13.0. The van der Waals surface area contributed by atoms with Crippen LogP contribution in [0.15, 0.2) is 61.2 Å². The van der Waals surface area contributed by atoms with Crippen LogP contribution < -0.4 is 5.32 Å². The molecule has 0 aliphatic rings. The number of rotatable bonds is 4. The maximum absolute atomic E-state index is 4.47. The van der Waals surface area contributed by atoms with Crippen LogP contribution in [0.5, 0.6) is 0 Å². The summed E-state index contributed by atoms with van der Waals surface area (Å²) in [6.07, 6.45) is 5.12. The van der Waals surface area contributed by atoms with Crippen molar-refractivity contribution < 1.29 is 0 Å². The molecule has 1 aromatic carbocycles. The molecule has 118 valence electrons. The van der Waals surface area contributed by atoms with E-state index >= 15 is 0 Å². The molecular weight excluding hydrogens is 300 g/mol. The van der Waals surface area contributed by atoms with Gasteiger partial charge in [0.25, 0.3) is 0 Å². The summed E-state index contributed by atoms with van der Waals surface area (Å²) >= 11 is 0. The lowest BCUT2D eigenvalue weighted by atomic mass is 10.2.